The fraction of sp³-hybridized carbons (Fsp3) is 0.458. The van der Waals surface area contributed by atoms with Gasteiger partial charge >= 0.3 is 0 Å². The zero-order valence-corrected chi connectivity index (χ0v) is 18.3. The van der Waals surface area contributed by atoms with Crippen LogP contribution in [0.4, 0.5) is 5.69 Å². The van der Waals surface area contributed by atoms with Crippen molar-refractivity contribution in [3.63, 3.8) is 0 Å². The second-order valence-electron chi connectivity index (χ2n) is 8.50. The van der Waals surface area contributed by atoms with Crippen LogP contribution in [-0.2, 0) is 13.0 Å². The van der Waals surface area contributed by atoms with Gasteiger partial charge in [-0.3, -0.25) is 10.1 Å². The summed E-state index contributed by atoms with van der Waals surface area (Å²) in [6, 6.07) is 13.1. The van der Waals surface area contributed by atoms with Gasteiger partial charge in [0.2, 0.25) is 0 Å². The molecule has 2 heterocycles. The van der Waals surface area contributed by atoms with Crippen LogP contribution in [0.2, 0.25) is 0 Å². The molecule has 0 radical (unpaired) electrons. The number of non-ortho nitro benzene ring substituents is 1. The van der Waals surface area contributed by atoms with Crippen LogP contribution in [0.25, 0.3) is 11.0 Å². The van der Waals surface area contributed by atoms with Crippen LogP contribution in [0.1, 0.15) is 44.5 Å². The molecule has 0 amide bonds. The smallest absolute Gasteiger partial charge is 0.271 e. The van der Waals surface area contributed by atoms with Gasteiger partial charge in [0.1, 0.15) is 11.6 Å². The Morgan fingerprint density at radius 2 is 1.81 bits per heavy atom. The van der Waals surface area contributed by atoms with Gasteiger partial charge in [0, 0.05) is 31.6 Å². The van der Waals surface area contributed by atoms with E-state index in [9.17, 15) is 10.1 Å². The average molecular weight is 423 g/mol. The van der Waals surface area contributed by atoms with Gasteiger partial charge in [-0.1, -0.05) is 18.6 Å². The Kier molecular flexibility index (Phi) is 6.51. The molecule has 1 saturated heterocycles. The minimum absolute atomic E-state index is 0.0786. The number of piperidine rings is 1. The van der Waals surface area contributed by atoms with E-state index in [1.165, 1.54) is 19.3 Å². The molecule has 1 aliphatic rings. The van der Waals surface area contributed by atoms with Gasteiger partial charge in [0.25, 0.3) is 5.69 Å². The molecule has 2 aromatic carbocycles. The number of likely N-dealkylation sites (tertiary alicyclic amines) is 1. The monoisotopic (exact) mass is 422 g/mol. The zero-order valence-electron chi connectivity index (χ0n) is 18.3. The van der Waals surface area contributed by atoms with E-state index in [1.807, 2.05) is 32.0 Å². The number of ether oxygens (including phenoxy) is 1. The summed E-state index contributed by atoms with van der Waals surface area (Å²) in [6.07, 6.45) is 4.64. The predicted octanol–water partition coefficient (Wildman–Crippen LogP) is 4.81. The largest absolute Gasteiger partial charge is 0.491 e. The minimum Gasteiger partial charge on any atom is -0.491 e. The highest BCUT2D eigenvalue weighted by atomic mass is 16.6. The van der Waals surface area contributed by atoms with Crippen molar-refractivity contribution in [2.24, 2.45) is 0 Å². The van der Waals surface area contributed by atoms with E-state index in [2.05, 4.69) is 21.6 Å². The molecule has 7 heteroatoms. The number of aromatic nitrogens is 2. The van der Waals surface area contributed by atoms with Crippen molar-refractivity contribution in [2.45, 2.75) is 52.2 Å². The zero-order chi connectivity index (χ0) is 21.8. The van der Waals surface area contributed by atoms with E-state index in [0.717, 1.165) is 48.8 Å². The van der Waals surface area contributed by atoms with E-state index in [1.54, 1.807) is 12.1 Å². The molecule has 164 valence electrons. The predicted molar refractivity (Wildman–Crippen MR) is 122 cm³/mol. The normalized spacial score (nSPS) is 14.9. The number of hydrogen-bond donors (Lipinski definition) is 0. The first-order valence-corrected chi connectivity index (χ1v) is 11.1. The second kappa shape index (κ2) is 9.47. The summed E-state index contributed by atoms with van der Waals surface area (Å²) in [5.74, 6) is 1.79. The third-order valence-corrected chi connectivity index (χ3v) is 5.77. The molecule has 0 bridgehead atoms. The molecule has 3 aromatic rings. The Balaban J connectivity index is 1.60. The van der Waals surface area contributed by atoms with Crippen molar-refractivity contribution in [1.29, 1.82) is 0 Å². The second-order valence-corrected chi connectivity index (χ2v) is 8.50. The van der Waals surface area contributed by atoms with Crippen molar-refractivity contribution < 1.29 is 9.66 Å². The van der Waals surface area contributed by atoms with E-state index >= 15 is 0 Å². The molecule has 1 aliphatic heterocycles. The average Bonchev–Trinajstić information content (AvgIpc) is 3.10. The maximum atomic E-state index is 11.2. The highest BCUT2D eigenvalue weighted by Gasteiger charge is 2.17. The lowest BCUT2D eigenvalue weighted by atomic mass is 10.1. The number of imidazole rings is 1. The quantitative estimate of drug-likeness (QED) is 0.385. The lowest BCUT2D eigenvalue weighted by molar-refractivity contribution is -0.384. The summed E-state index contributed by atoms with van der Waals surface area (Å²) in [6.45, 7) is 8.11. The van der Waals surface area contributed by atoms with Gasteiger partial charge in [-0.15, -0.1) is 0 Å². The number of nitro groups is 1. The first-order chi connectivity index (χ1) is 15.0. The lowest BCUT2D eigenvalue weighted by Crippen LogP contribution is -2.32. The van der Waals surface area contributed by atoms with Crippen LogP contribution in [0.5, 0.6) is 5.75 Å². The summed E-state index contributed by atoms with van der Waals surface area (Å²) in [5, 5.41) is 11.2. The van der Waals surface area contributed by atoms with Crippen LogP contribution in [0, 0.1) is 10.1 Å². The molecular weight excluding hydrogens is 392 g/mol. The molecule has 7 nitrogen and oxygen atoms in total. The third-order valence-electron chi connectivity index (χ3n) is 5.77. The number of hydrogen-bond acceptors (Lipinski definition) is 5. The molecule has 0 spiro atoms. The molecule has 1 fully saturated rings. The molecule has 0 N–H and O–H groups in total. The van der Waals surface area contributed by atoms with Gasteiger partial charge in [0.05, 0.1) is 22.1 Å². The Bertz CT molecular complexity index is 1040. The summed E-state index contributed by atoms with van der Waals surface area (Å²) in [4.78, 5) is 18.2. The van der Waals surface area contributed by atoms with Gasteiger partial charge in [-0.2, -0.15) is 0 Å². The molecule has 0 unspecified atom stereocenters. The Morgan fingerprint density at radius 3 is 2.48 bits per heavy atom. The topological polar surface area (TPSA) is 73.4 Å². The third kappa shape index (κ3) is 5.22. The van der Waals surface area contributed by atoms with E-state index in [4.69, 9.17) is 9.72 Å². The van der Waals surface area contributed by atoms with Gasteiger partial charge in [0.15, 0.2) is 0 Å². The number of rotatable bonds is 8. The van der Waals surface area contributed by atoms with Crippen molar-refractivity contribution in [2.75, 3.05) is 19.6 Å². The summed E-state index contributed by atoms with van der Waals surface area (Å²) < 4.78 is 7.97. The SMILES string of the molecule is CC(C)Oc1ccc(Cc2nc3cc([N+](=O)[O-])ccc3n2CCN2CCCCC2)cc1. The fourth-order valence-corrected chi connectivity index (χ4v) is 4.23. The van der Waals surface area contributed by atoms with Crippen LogP contribution in [0.15, 0.2) is 42.5 Å². The standard InChI is InChI=1S/C24H30N4O3/c1-18(2)31-21-9-6-19(7-10-21)16-24-25-22-17-20(28(29)30)8-11-23(22)27(24)15-14-26-12-4-3-5-13-26/h6-11,17-18H,3-5,12-16H2,1-2H3. The number of nitrogens with zero attached hydrogens (tertiary/aromatic N) is 4. The molecule has 0 aliphatic carbocycles. The molecule has 1 aromatic heterocycles. The fourth-order valence-electron chi connectivity index (χ4n) is 4.23. The molecule has 4 rings (SSSR count). The van der Waals surface area contributed by atoms with Crippen molar-refractivity contribution in [3.8, 4) is 5.75 Å². The Labute approximate surface area is 182 Å². The minimum atomic E-state index is -0.362. The highest BCUT2D eigenvalue weighted by molar-refractivity contribution is 5.78. The van der Waals surface area contributed by atoms with E-state index in [-0.39, 0.29) is 16.7 Å². The molecular formula is C24H30N4O3. The summed E-state index contributed by atoms with van der Waals surface area (Å²) in [5.41, 5.74) is 2.86. The first kappa shape index (κ1) is 21.3. The van der Waals surface area contributed by atoms with Crippen LogP contribution < -0.4 is 4.74 Å². The molecule has 31 heavy (non-hydrogen) atoms. The van der Waals surface area contributed by atoms with E-state index < -0.39 is 0 Å². The summed E-state index contributed by atoms with van der Waals surface area (Å²) >= 11 is 0. The van der Waals surface area contributed by atoms with Crippen molar-refractivity contribution in [1.82, 2.24) is 14.5 Å². The van der Waals surface area contributed by atoms with Crippen LogP contribution in [0.3, 0.4) is 0 Å². The first-order valence-electron chi connectivity index (χ1n) is 11.1. The van der Waals surface area contributed by atoms with Gasteiger partial charge in [-0.05, 0) is 63.5 Å². The summed E-state index contributed by atoms with van der Waals surface area (Å²) in [7, 11) is 0. The Hall–Kier alpha value is -2.93. The van der Waals surface area contributed by atoms with Crippen molar-refractivity contribution in [3.05, 3.63) is 64.0 Å². The lowest BCUT2D eigenvalue weighted by Gasteiger charge is -2.26. The van der Waals surface area contributed by atoms with Gasteiger partial charge in [-0.25, -0.2) is 4.98 Å². The maximum Gasteiger partial charge on any atom is 0.271 e. The number of nitro benzene ring substituents is 1. The van der Waals surface area contributed by atoms with Crippen molar-refractivity contribution >= 4 is 16.7 Å². The molecule has 0 saturated carbocycles. The molecule has 0 atom stereocenters. The van der Waals surface area contributed by atoms with Crippen LogP contribution >= 0.6 is 0 Å². The Morgan fingerprint density at radius 1 is 1.06 bits per heavy atom. The maximum absolute atomic E-state index is 11.2. The highest BCUT2D eigenvalue weighted by Crippen LogP contribution is 2.24. The van der Waals surface area contributed by atoms with E-state index in [0.29, 0.717) is 11.9 Å². The number of fused-ring (bicyclic) bond motifs is 1. The van der Waals surface area contributed by atoms with Gasteiger partial charge < -0.3 is 14.2 Å². The van der Waals surface area contributed by atoms with Crippen LogP contribution in [-0.4, -0.2) is 45.1 Å². The number of benzene rings is 2.